The number of phenols is 1. The largest absolute Gasteiger partial charge is 0.504 e. The number of methoxy groups -OCH3 is 1. The van der Waals surface area contributed by atoms with Crippen molar-refractivity contribution >= 4 is 11.5 Å². The minimum absolute atomic E-state index is 0.0556. The van der Waals surface area contributed by atoms with Crippen LogP contribution < -0.4 is 15.4 Å². The molecule has 2 aliphatic heterocycles. The summed E-state index contributed by atoms with van der Waals surface area (Å²) in [5.41, 5.74) is 8.74. The van der Waals surface area contributed by atoms with Crippen LogP contribution in [-0.4, -0.2) is 35.3 Å². The number of hydrogen-bond donors (Lipinski definition) is 2. The Labute approximate surface area is 209 Å². The van der Waals surface area contributed by atoms with Crippen molar-refractivity contribution in [2.75, 3.05) is 12.0 Å². The number of fused-ring (bicyclic) bond motifs is 2. The number of nitriles is 1. The summed E-state index contributed by atoms with van der Waals surface area (Å²) < 4.78 is 19.9. The van der Waals surface area contributed by atoms with Gasteiger partial charge in [-0.1, -0.05) is 12.1 Å². The van der Waals surface area contributed by atoms with Gasteiger partial charge in [0.15, 0.2) is 11.5 Å². The summed E-state index contributed by atoms with van der Waals surface area (Å²) in [6, 6.07) is 11.7. The van der Waals surface area contributed by atoms with E-state index in [1.807, 2.05) is 6.07 Å². The first kappa shape index (κ1) is 23.6. The number of pyridine rings is 1. The summed E-state index contributed by atoms with van der Waals surface area (Å²) in [5, 5.41) is 19.6. The molecule has 3 aromatic rings. The average Bonchev–Trinajstić information content (AvgIpc) is 2.87. The predicted molar refractivity (Wildman–Crippen MR) is 135 cm³/mol. The van der Waals surface area contributed by atoms with Crippen LogP contribution in [0, 0.1) is 23.7 Å². The van der Waals surface area contributed by atoms with Crippen molar-refractivity contribution in [1.82, 2.24) is 4.98 Å². The maximum Gasteiger partial charge on any atom is 0.236 e. The van der Waals surface area contributed by atoms with Crippen LogP contribution in [0.3, 0.4) is 0 Å². The molecule has 182 valence electrons. The monoisotopic (exact) mass is 483 g/mol. The molecular weight excluding hydrogens is 457 g/mol. The number of ether oxygens (including phenoxy) is 1. The van der Waals surface area contributed by atoms with Gasteiger partial charge in [-0.25, -0.2) is 9.24 Å². The third-order valence-corrected chi connectivity index (χ3v) is 7.27. The van der Waals surface area contributed by atoms with Gasteiger partial charge in [0.05, 0.1) is 19.2 Å². The van der Waals surface area contributed by atoms with Crippen LogP contribution in [0.15, 0.2) is 42.6 Å². The molecule has 0 saturated carbocycles. The van der Waals surface area contributed by atoms with E-state index >= 15 is 0 Å². The lowest BCUT2D eigenvalue weighted by Gasteiger charge is -2.49. The van der Waals surface area contributed by atoms with Gasteiger partial charge in [0, 0.05) is 29.9 Å². The summed E-state index contributed by atoms with van der Waals surface area (Å²) in [6.45, 7) is 8.16. The molecular formula is C28H26FN5O2. The lowest BCUT2D eigenvalue weighted by molar-refractivity contribution is 0.270. The first-order valence-electron chi connectivity index (χ1n) is 12.0. The van der Waals surface area contributed by atoms with E-state index in [1.54, 1.807) is 30.5 Å². The molecule has 0 amide bonds. The molecule has 5 rings (SSSR count). The SMILES string of the molecule is [C-]#[N+]c1c(N2C3CCCC2CC(N)C3)ncc(-c2ccc(OC)c(O)c2)c1-c1ccc(C#N)c(F)c1. The molecule has 36 heavy (non-hydrogen) atoms. The highest BCUT2D eigenvalue weighted by molar-refractivity contribution is 5.97. The molecule has 0 aliphatic carbocycles. The lowest BCUT2D eigenvalue weighted by Crippen LogP contribution is -2.55. The van der Waals surface area contributed by atoms with E-state index in [0.717, 1.165) is 32.1 Å². The Morgan fingerprint density at radius 1 is 1.19 bits per heavy atom. The van der Waals surface area contributed by atoms with Gasteiger partial charge in [0.2, 0.25) is 5.69 Å². The molecule has 3 heterocycles. The molecule has 8 heteroatoms. The fourth-order valence-electron chi connectivity index (χ4n) is 5.68. The van der Waals surface area contributed by atoms with Crippen molar-refractivity contribution < 1.29 is 14.2 Å². The highest BCUT2D eigenvalue weighted by Crippen LogP contribution is 2.48. The van der Waals surface area contributed by atoms with E-state index in [-0.39, 0.29) is 29.4 Å². The minimum atomic E-state index is -0.659. The smallest absolute Gasteiger partial charge is 0.236 e. The first-order valence-corrected chi connectivity index (χ1v) is 12.0. The van der Waals surface area contributed by atoms with Gasteiger partial charge in [-0.3, -0.25) is 4.98 Å². The fraction of sp³-hybridized carbons (Fsp3) is 0.321. The summed E-state index contributed by atoms with van der Waals surface area (Å²) >= 11 is 0. The zero-order valence-corrected chi connectivity index (χ0v) is 19.9. The third kappa shape index (κ3) is 4.00. The van der Waals surface area contributed by atoms with Crippen molar-refractivity contribution in [3.8, 4) is 39.8 Å². The van der Waals surface area contributed by atoms with Crippen LogP contribution in [0.4, 0.5) is 15.9 Å². The van der Waals surface area contributed by atoms with Crippen LogP contribution in [0.25, 0.3) is 27.1 Å². The summed E-state index contributed by atoms with van der Waals surface area (Å²) in [4.78, 5) is 11.0. The van der Waals surface area contributed by atoms with Crippen LogP contribution in [0.1, 0.15) is 37.7 Å². The van der Waals surface area contributed by atoms with E-state index in [2.05, 4.69) is 9.74 Å². The molecule has 2 fully saturated rings. The van der Waals surface area contributed by atoms with Crippen molar-refractivity contribution in [2.24, 2.45) is 5.73 Å². The topological polar surface area (TPSA) is 99.8 Å². The van der Waals surface area contributed by atoms with Gasteiger partial charge in [-0.15, -0.1) is 0 Å². The number of halogens is 1. The van der Waals surface area contributed by atoms with E-state index in [1.165, 1.54) is 19.2 Å². The Bertz CT molecular complexity index is 1400. The Morgan fingerprint density at radius 2 is 1.92 bits per heavy atom. The maximum absolute atomic E-state index is 14.8. The number of aromatic nitrogens is 1. The molecule has 2 aliphatic rings. The summed E-state index contributed by atoms with van der Waals surface area (Å²) in [6.07, 6.45) is 6.44. The second kappa shape index (κ2) is 9.49. The molecule has 7 nitrogen and oxygen atoms in total. The predicted octanol–water partition coefficient (Wildman–Crippen LogP) is 5.54. The minimum Gasteiger partial charge on any atom is -0.504 e. The van der Waals surface area contributed by atoms with Crippen LogP contribution in [-0.2, 0) is 0 Å². The number of nitrogens with zero attached hydrogens (tertiary/aromatic N) is 4. The van der Waals surface area contributed by atoms with E-state index in [4.69, 9.17) is 22.0 Å². The van der Waals surface area contributed by atoms with Crippen molar-refractivity contribution in [2.45, 2.75) is 50.2 Å². The van der Waals surface area contributed by atoms with Gasteiger partial charge >= 0.3 is 0 Å². The Hall–Kier alpha value is -4.14. The number of phenolic OH excluding ortho intramolecular Hbond substituents is 1. The van der Waals surface area contributed by atoms with Gasteiger partial charge in [0.1, 0.15) is 17.7 Å². The maximum atomic E-state index is 14.8. The van der Waals surface area contributed by atoms with E-state index < -0.39 is 5.82 Å². The number of piperidine rings is 2. The Kier molecular flexibility index (Phi) is 6.22. The number of rotatable bonds is 4. The van der Waals surface area contributed by atoms with Crippen LogP contribution >= 0.6 is 0 Å². The normalized spacial score (nSPS) is 20.9. The van der Waals surface area contributed by atoms with Crippen molar-refractivity contribution in [3.63, 3.8) is 0 Å². The van der Waals surface area contributed by atoms with Gasteiger partial charge < -0.3 is 20.5 Å². The number of anilines is 1. The second-order valence-corrected chi connectivity index (χ2v) is 9.40. The average molecular weight is 484 g/mol. The molecule has 2 unspecified atom stereocenters. The lowest BCUT2D eigenvalue weighted by atomic mass is 9.81. The van der Waals surface area contributed by atoms with E-state index in [9.17, 15) is 14.8 Å². The molecule has 0 spiro atoms. The molecule has 2 bridgehead atoms. The molecule has 1 aromatic heterocycles. The zero-order valence-electron chi connectivity index (χ0n) is 19.9. The highest BCUT2D eigenvalue weighted by Gasteiger charge is 2.39. The fourth-order valence-corrected chi connectivity index (χ4v) is 5.68. The number of aromatic hydroxyl groups is 1. The quantitative estimate of drug-likeness (QED) is 0.473. The third-order valence-electron chi connectivity index (χ3n) is 7.27. The molecule has 2 saturated heterocycles. The first-order chi connectivity index (χ1) is 17.4. The van der Waals surface area contributed by atoms with Crippen molar-refractivity contribution in [1.29, 1.82) is 5.26 Å². The number of nitrogens with two attached hydrogens (primary N) is 1. The Morgan fingerprint density at radius 3 is 2.53 bits per heavy atom. The van der Waals surface area contributed by atoms with Gasteiger partial charge in [-0.2, -0.15) is 5.26 Å². The van der Waals surface area contributed by atoms with Crippen LogP contribution in [0.5, 0.6) is 11.5 Å². The molecule has 0 radical (unpaired) electrons. The number of hydrogen-bond acceptors (Lipinski definition) is 6. The standard InChI is InChI=1S/C28H26FN5O2/c1-32-27-26(17-6-7-18(14-30)23(29)10-17)22(16-8-9-25(36-2)24(35)11-16)15-33-28(27)34-20-4-3-5-21(34)13-19(31)12-20/h6-11,15,19-21,35H,3-5,12-13,31H2,2H3. The van der Waals surface area contributed by atoms with Gasteiger partial charge in [0.25, 0.3) is 0 Å². The zero-order chi connectivity index (χ0) is 25.4. The number of benzene rings is 2. The van der Waals surface area contributed by atoms with Crippen molar-refractivity contribution in [3.05, 3.63) is 65.4 Å². The molecule has 2 atom stereocenters. The summed E-state index contributed by atoms with van der Waals surface area (Å²) in [5.74, 6) is 0.179. The van der Waals surface area contributed by atoms with Gasteiger partial charge in [-0.05, 0) is 73.1 Å². The summed E-state index contributed by atoms with van der Waals surface area (Å²) in [7, 11) is 1.47. The molecule has 3 N–H and O–H groups in total. The highest BCUT2D eigenvalue weighted by atomic mass is 19.1. The molecule has 2 aromatic carbocycles. The van der Waals surface area contributed by atoms with Crippen LogP contribution in [0.2, 0.25) is 0 Å². The van der Waals surface area contributed by atoms with E-state index in [0.29, 0.717) is 39.5 Å². The second-order valence-electron chi connectivity index (χ2n) is 9.40. The Balaban J connectivity index is 1.75.